The summed E-state index contributed by atoms with van der Waals surface area (Å²) in [6.45, 7) is 5.11. The Morgan fingerprint density at radius 3 is 2.79 bits per heavy atom. The summed E-state index contributed by atoms with van der Waals surface area (Å²) in [5.41, 5.74) is 6.32. The molecule has 2 heteroatoms. The Labute approximate surface area is 87.2 Å². The summed E-state index contributed by atoms with van der Waals surface area (Å²) in [4.78, 5) is 0. The molecule has 0 aromatic carbocycles. The van der Waals surface area contributed by atoms with Crippen LogP contribution in [0.4, 0.5) is 0 Å². The maximum Gasteiger partial charge on any atom is 0.0525 e. The van der Waals surface area contributed by atoms with E-state index < -0.39 is 0 Å². The molecule has 0 amide bonds. The molecule has 0 bridgehead atoms. The number of nitrogens with two attached hydrogens (primary N) is 1. The van der Waals surface area contributed by atoms with Crippen molar-refractivity contribution in [1.29, 1.82) is 0 Å². The molecule has 2 N–H and O–H groups in total. The lowest BCUT2D eigenvalue weighted by atomic mass is 9.66. The molecule has 1 aliphatic carbocycles. The Balaban J connectivity index is 2.10. The van der Waals surface area contributed by atoms with E-state index in [4.69, 9.17) is 10.5 Å². The van der Waals surface area contributed by atoms with Crippen LogP contribution in [-0.4, -0.2) is 19.8 Å². The average Bonchev–Trinajstić information content (AvgIpc) is 2.67. The van der Waals surface area contributed by atoms with Crippen LogP contribution in [0.2, 0.25) is 0 Å². The van der Waals surface area contributed by atoms with Gasteiger partial charge in [0.05, 0.1) is 6.61 Å². The molecule has 1 saturated heterocycles. The van der Waals surface area contributed by atoms with Gasteiger partial charge in [0.15, 0.2) is 0 Å². The normalized spacial score (nSPS) is 33.4. The third-order valence-corrected chi connectivity index (χ3v) is 4.41. The van der Waals surface area contributed by atoms with Crippen LogP contribution in [0.25, 0.3) is 0 Å². The van der Waals surface area contributed by atoms with Crippen LogP contribution in [0.1, 0.15) is 39.0 Å². The molecular formula is C12H23NO. The second-order valence-electron chi connectivity index (χ2n) is 5.23. The van der Waals surface area contributed by atoms with Gasteiger partial charge in [-0.3, -0.25) is 0 Å². The van der Waals surface area contributed by atoms with Gasteiger partial charge in [-0.25, -0.2) is 0 Å². The molecule has 0 radical (unpaired) electrons. The molecule has 2 atom stereocenters. The van der Waals surface area contributed by atoms with E-state index in [1.807, 2.05) is 0 Å². The zero-order valence-electron chi connectivity index (χ0n) is 9.30. The highest BCUT2D eigenvalue weighted by Crippen LogP contribution is 2.50. The Morgan fingerprint density at radius 2 is 2.14 bits per heavy atom. The molecule has 2 nitrogen and oxygen atoms in total. The minimum atomic E-state index is 0.511. The zero-order valence-corrected chi connectivity index (χ0v) is 9.30. The lowest BCUT2D eigenvalue weighted by Gasteiger charge is -2.44. The third-order valence-electron chi connectivity index (χ3n) is 4.41. The maximum absolute atomic E-state index is 5.81. The molecule has 14 heavy (non-hydrogen) atoms. The predicted octanol–water partition coefficient (Wildman–Crippen LogP) is 2.18. The summed E-state index contributed by atoms with van der Waals surface area (Å²) in [7, 11) is 0. The topological polar surface area (TPSA) is 35.2 Å². The molecular weight excluding hydrogens is 174 g/mol. The zero-order chi connectivity index (χ0) is 10.0. The monoisotopic (exact) mass is 197 g/mol. The predicted molar refractivity (Wildman–Crippen MR) is 58.0 cm³/mol. The van der Waals surface area contributed by atoms with E-state index in [-0.39, 0.29) is 0 Å². The highest BCUT2D eigenvalue weighted by Gasteiger charge is 2.45. The van der Waals surface area contributed by atoms with Crippen molar-refractivity contribution >= 4 is 0 Å². The average molecular weight is 197 g/mol. The van der Waals surface area contributed by atoms with Gasteiger partial charge in [-0.2, -0.15) is 0 Å². The van der Waals surface area contributed by atoms with Gasteiger partial charge in [0.25, 0.3) is 0 Å². The van der Waals surface area contributed by atoms with E-state index in [1.54, 1.807) is 0 Å². The van der Waals surface area contributed by atoms with Gasteiger partial charge >= 0.3 is 0 Å². The lowest BCUT2D eigenvalue weighted by Crippen LogP contribution is -2.43. The van der Waals surface area contributed by atoms with E-state index in [2.05, 4.69) is 6.92 Å². The fourth-order valence-corrected chi connectivity index (χ4v) is 3.55. The van der Waals surface area contributed by atoms with Gasteiger partial charge < -0.3 is 10.5 Å². The standard InChI is InChI=1S/C12H23NO/c1-10(8-13)11-4-7-14-9-12(11)5-2-3-6-12/h10-11H,2-9,13H2,1H3. The highest BCUT2D eigenvalue weighted by atomic mass is 16.5. The van der Waals surface area contributed by atoms with Crippen molar-refractivity contribution in [3.05, 3.63) is 0 Å². The molecule has 2 fully saturated rings. The van der Waals surface area contributed by atoms with Crippen LogP contribution in [0, 0.1) is 17.3 Å². The molecule has 1 saturated carbocycles. The molecule has 82 valence electrons. The molecule has 0 aromatic rings. The first kappa shape index (κ1) is 10.4. The fourth-order valence-electron chi connectivity index (χ4n) is 3.55. The van der Waals surface area contributed by atoms with Gasteiger partial charge in [0, 0.05) is 6.61 Å². The Morgan fingerprint density at radius 1 is 1.43 bits per heavy atom. The summed E-state index contributed by atoms with van der Waals surface area (Å²) in [5, 5.41) is 0. The Hall–Kier alpha value is -0.0800. The van der Waals surface area contributed by atoms with Crippen LogP contribution in [0.3, 0.4) is 0 Å². The van der Waals surface area contributed by atoms with E-state index in [9.17, 15) is 0 Å². The molecule has 2 aliphatic rings. The maximum atomic E-state index is 5.81. The van der Waals surface area contributed by atoms with Crippen molar-refractivity contribution in [2.75, 3.05) is 19.8 Å². The van der Waals surface area contributed by atoms with Crippen molar-refractivity contribution in [2.24, 2.45) is 23.0 Å². The summed E-state index contributed by atoms with van der Waals surface area (Å²) < 4.78 is 5.69. The van der Waals surface area contributed by atoms with E-state index in [0.29, 0.717) is 11.3 Å². The third kappa shape index (κ3) is 1.70. The fraction of sp³-hybridized carbons (Fsp3) is 1.00. The molecule has 1 aliphatic heterocycles. The Bertz CT molecular complexity index is 187. The summed E-state index contributed by atoms with van der Waals surface area (Å²) in [6, 6.07) is 0. The van der Waals surface area contributed by atoms with Gasteiger partial charge in [-0.1, -0.05) is 19.8 Å². The van der Waals surface area contributed by atoms with Crippen molar-refractivity contribution < 1.29 is 4.74 Å². The minimum absolute atomic E-state index is 0.511. The molecule has 1 spiro atoms. The summed E-state index contributed by atoms with van der Waals surface area (Å²) in [5.74, 6) is 1.50. The molecule has 0 aromatic heterocycles. The molecule has 2 unspecified atom stereocenters. The van der Waals surface area contributed by atoms with E-state index in [1.165, 1.54) is 32.1 Å². The van der Waals surface area contributed by atoms with Gasteiger partial charge in [-0.05, 0) is 43.1 Å². The summed E-state index contributed by atoms with van der Waals surface area (Å²) in [6.07, 6.45) is 6.79. The lowest BCUT2D eigenvalue weighted by molar-refractivity contribution is -0.0657. The highest BCUT2D eigenvalue weighted by molar-refractivity contribution is 4.94. The van der Waals surface area contributed by atoms with Crippen LogP contribution >= 0.6 is 0 Å². The first-order valence-electron chi connectivity index (χ1n) is 6.06. The van der Waals surface area contributed by atoms with Crippen molar-refractivity contribution in [3.63, 3.8) is 0 Å². The van der Waals surface area contributed by atoms with Crippen LogP contribution in [-0.2, 0) is 4.74 Å². The van der Waals surface area contributed by atoms with Crippen molar-refractivity contribution in [3.8, 4) is 0 Å². The quantitative estimate of drug-likeness (QED) is 0.736. The van der Waals surface area contributed by atoms with Crippen LogP contribution in [0.5, 0.6) is 0 Å². The number of hydrogen-bond donors (Lipinski definition) is 1. The SMILES string of the molecule is CC(CN)C1CCOCC12CCCC2. The second-order valence-corrected chi connectivity index (χ2v) is 5.23. The summed E-state index contributed by atoms with van der Waals surface area (Å²) >= 11 is 0. The largest absolute Gasteiger partial charge is 0.381 e. The number of hydrogen-bond acceptors (Lipinski definition) is 2. The molecule has 2 rings (SSSR count). The molecule has 1 heterocycles. The van der Waals surface area contributed by atoms with Crippen molar-refractivity contribution in [1.82, 2.24) is 0 Å². The van der Waals surface area contributed by atoms with Crippen molar-refractivity contribution in [2.45, 2.75) is 39.0 Å². The first-order valence-corrected chi connectivity index (χ1v) is 6.06. The van der Waals surface area contributed by atoms with Crippen LogP contribution in [0.15, 0.2) is 0 Å². The second kappa shape index (κ2) is 4.19. The van der Waals surface area contributed by atoms with Gasteiger partial charge in [-0.15, -0.1) is 0 Å². The minimum Gasteiger partial charge on any atom is -0.381 e. The van der Waals surface area contributed by atoms with E-state index in [0.717, 1.165) is 25.7 Å². The number of rotatable bonds is 2. The van der Waals surface area contributed by atoms with E-state index >= 15 is 0 Å². The van der Waals surface area contributed by atoms with Gasteiger partial charge in [0.2, 0.25) is 0 Å². The smallest absolute Gasteiger partial charge is 0.0525 e. The van der Waals surface area contributed by atoms with Gasteiger partial charge in [0.1, 0.15) is 0 Å². The Kier molecular flexibility index (Phi) is 3.13. The number of ether oxygens (including phenoxy) is 1. The van der Waals surface area contributed by atoms with Crippen LogP contribution < -0.4 is 5.73 Å². The first-order chi connectivity index (χ1) is 6.78.